The fraction of sp³-hybridized carbons (Fsp3) is 0.667. The smallest absolute Gasteiger partial charge is 0.133 e. The lowest BCUT2D eigenvalue weighted by Crippen LogP contribution is -2.43. The Morgan fingerprint density at radius 3 is 2.68 bits per heavy atom. The van der Waals surface area contributed by atoms with Gasteiger partial charge in [0, 0.05) is 13.1 Å². The molecule has 0 amide bonds. The monoisotopic (exact) mass is 264 g/mol. The number of nitrogens with zero attached hydrogens (tertiary/aromatic N) is 1. The van der Waals surface area contributed by atoms with Crippen LogP contribution in [0.4, 0.5) is 0 Å². The highest BCUT2D eigenvalue weighted by Crippen LogP contribution is 2.33. The summed E-state index contributed by atoms with van der Waals surface area (Å²) in [4.78, 5) is 4.11. The van der Waals surface area contributed by atoms with E-state index in [4.69, 9.17) is 5.11 Å². The van der Waals surface area contributed by atoms with Gasteiger partial charge in [0.15, 0.2) is 0 Å². The molecule has 1 aromatic heterocycles. The van der Waals surface area contributed by atoms with E-state index in [0.29, 0.717) is 13.1 Å². The lowest BCUT2D eigenvalue weighted by Gasteiger charge is -2.36. The van der Waals surface area contributed by atoms with Crippen molar-refractivity contribution in [1.29, 1.82) is 0 Å². The van der Waals surface area contributed by atoms with Crippen molar-refractivity contribution >= 4 is 0 Å². The highest BCUT2D eigenvalue weighted by Gasteiger charge is 2.31. The van der Waals surface area contributed by atoms with Crippen LogP contribution in [0.5, 0.6) is 5.75 Å². The molecule has 1 saturated carbocycles. The number of aliphatic hydroxyl groups is 1. The molecular weight excluding hydrogens is 240 g/mol. The van der Waals surface area contributed by atoms with Crippen LogP contribution in [0, 0.1) is 5.92 Å². The molecule has 3 N–H and O–H groups in total. The summed E-state index contributed by atoms with van der Waals surface area (Å²) in [7, 11) is 0. The van der Waals surface area contributed by atoms with Crippen LogP contribution in [0.1, 0.15) is 44.7 Å². The number of nitrogens with one attached hydrogen (secondary N) is 1. The standard InChI is InChI=1S/C15H24N2O2/c1-2-12-5-7-15(19,8-6-12)11-16-9-13-3-4-14(18)10-17-13/h3-4,10,12,16,18-19H,2,5-9,11H2,1H3. The van der Waals surface area contributed by atoms with Gasteiger partial charge in [-0.15, -0.1) is 0 Å². The molecule has 4 nitrogen and oxygen atoms in total. The predicted molar refractivity (Wildman–Crippen MR) is 74.8 cm³/mol. The zero-order chi connectivity index (χ0) is 13.7. The molecule has 0 aromatic carbocycles. The van der Waals surface area contributed by atoms with Gasteiger partial charge in [-0.1, -0.05) is 13.3 Å². The number of hydrogen-bond acceptors (Lipinski definition) is 4. The fourth-order valence-corrected chi connectivity index (χ4v) is 2.74. The molecule has 0 spiro atoms. The zero-order valence-corrected chi connectivity index (χ0v) is 11.6. The SMILES string of the molecule is CCC1CCC(O)(CNCc2ccc(O)cn2)CC1. The van der Waals surface area contributed by atoms with Crippen molar-refractivity contribution in [3.05, 3.63) is 24.0 Å². The van der Waals surface area contributed by atoms with Gasteiger partial charge in [0.25, 0.3) is 0 Å². The Bertz CT molecular complexity index is 384. The third kappa shape index (κ3) is 4.18. The van der Waals surface area contributed by atoms with Crippen molar-refractivity contribution < 1.29 is 10.2 Å². The second kappa shape index (κ2) is 6.35. The number of aromatic nitrogens is 1. The van der Waals surface area contributed by atoms with Gasteiger partial charge in [-0.2, -0.15) is 0 Å². The lowest BCUT2D eigenvalue weighted by molar-refractivity contribution is -0.00886. The molecule has 0 unspecified atom stereocenters. The highest BCUT2D eigenvalue weighted by molar-refractivity contribution is 5.17. The number of hydrogen-bond donors (Lipinski definition) is 3. The number of pyridine rings is 1. The van der Waals surface area contributed by atoms with Gasteiger partial charge in [-0.3, -0.25) is 4.98 Å². The quantitative estimate of drug-likeness (QED) is 0.763. The van der Waals surface area contributed by atoms with Crippen LogP contribution >= 0.6 is 0 Å². The van der Waals surface area contributed by atoms with Crippen molar-refractivity contribution in [3.8, 4) is 5.75 Å². The van der Waals surface area contributed by atoms with Crippen LogP contribution in [0.3, 0.4) is 0 Å². The molecule has 1 heterocycles. The summed E-state index contributed by atoms with van der Waals surface area (Å²) in [6.45, 7) is 3.47. The van der Waals surface area contributed by atoms with Crippen LogP contribution < -0.4 is 5.32 Å². The van der Waals surface area contributed by atoms with Gasteiger partial charge < -0.3 is 15.5 Å². The van der Waals surface area contributed by atoms with E-state index < -0.39 is 5.60 Å². The molecule has 0 bridgehead atoms. The molecule has 1 aliphatic rings. The van der Waals surface area contributed by atoms with E-state index in [9.17, 15) is 5.11 Å². The third-order valence-corrected chi connectivity index (χ3v) is 4.18. The molecule has 0 radical (unpaired) electrons. The summed E-state index contributed by atoms with van der Waals surface area (Å²) < 4.78 is 0. The lowest BCUT2D eigenvalue weighted by atomic mass is 9.78. The molecule has 0 saturated heterocycles. The van der Waals surface area contributed by atoms with Crippen LogP contribution in [-0.2, 0) is 6.54 Å². The van der Waals surface area contributed by atoms with E-state index >= 15 is 0 Å². The topological polar surface area (TPSA) is 65.4 Å². The van der Waals surface area contributed by atoms with E-state index in [1.165, 1.54) is 12.6 Å². The molecular formula is C15H24N2O2. The summed E-state index contributed by atoms with van der Waals surface area (Å²) in [6, 6.07) is 3.42. The first kappa shape index (κ1) is 14.3. The minimum Gasteiger partial charge on any atom is -0.506 e. The summed E-state index contributed by atoms with van der Waals surface area (Å²) in [5.41, 5.74) is 0.325. The van der Waals surface area contributed by atoms with Crippen molar-refractivity contribution in [1.82, 2.24) is 10.3 Å². The second-order valence-electron chi connectivity index (χ2n) is 5.69. The molecule has 0 aliphatic heterocycles. The van der Waals surface area contributed by atoms with Crippen LogP contribution in [0.15, 0.2) is 18.3 Å². The Hall–Kier alpha value is -1.13. The van der Waals surface area contributed by atoms with Crippen LogP contribution in [0.2, 0.25) is 0 Å². The van der Waals surface area contributed by atoms with Crippen molar-refractivity contribution in [3.63, 3.8) is 0 Å². The van der Waals surface area contributed by atoms with Crippen molar-refractivity contribution in [2.45, 2.75) is 51.2 Å². The third-order valence-electron chi connectivity index (χ3n) is 4.18. The average Bonchev–Trinajstić information content (AvgIpc) is 2.42. The Balaban J connectivity index is 1.74. The predicted octanol–water partition coefficient (Wildman–Crippen LogP) is 2.21. The maximum Gasteiger partial charge on any atom is 0.133 e. The molecule has 1 aliphatic carbocycles. The maximum absolute atomic E-state index is 10.5. The van der Waals surface area contributed by atoms with Gasteiger partial charge in [0.2, 0.25) is 0 Å². The molecule has 4 heteroatoms. The first-order valence-corrected chi connectivity index (χ1v) is 7.18. The largest absolute Gasteiger partial charge is 0.506 e. The fourth-order valence-electron chi connectivity index (χ4n) is 2.74. The zero-order valence-electron chi connectivity index (χ0n) is 11.6. The van der Waals surface area contributed by atoms with Crippen molar-refractivity contribution in [2.24, 2.45) is 5.92 Å². The van der Waals surface area contributed by atoms with E-state index in [1.807, 2.05) is 0 Å². The summed E-state index contributed by atoms with van der Waals surface area (Å²) in [5, 5.41) is 22.9. The summed E-state index contributed by atoms with van der Waals surface area (Å²) in [6.07, 6.45) is 6.71. The molecule has 106 valence electrons. The van der Waals surface area contributed by atoms with Crippen molar-refractivity contribution in [2.75, 3.05) is 6.54 Å². The van der Waals surface area contributed by atoms with E-state index in [2.05, 4.69) is 17.2 Å². The van der Waals surface area contributed by atoms with Gasteiger partial charge in [-0.25, -0.2) is 0 Å². The number of aromatic hydroxyl groups is 1. The van der Waals surface area contributed by atoms with E-state index in [-0.39, 0.29) is 5.75 Å². The molecule has 1 aromatic rings. The minimum atomic E-state index is -0.553. The molecule has 0 atom stereocenters. The highest BCUT2D eigenvalue weighted by atomic mass is 16.3. The first-order chi connectivity index (χ1) is 9.11. The van der Waals surface area contributed by atoms with Crippen LogP contribution in [-0.4, -0.2) is 27.3 Å². The van der Waals surface area contributed by atoms with E-state index in [1.54, 1.807) is 12.1 Å². The Kier molecular flexibility index (Phi) is 4.77. The maximum atomic E-state index is 10.5. The molecule has 2 rings (SSSR count). The first-order valence-electron chi connectivity index (χ1n) is 7.18. The normalized spacial score (nSPS) is 27.4. The molecule has 19 heavy (non-hydrogen) atoms. The second-order valence-corrected chi connectivity index (χ2v) is 5.69. The minimum absolute atomic E-state index is 0.181. The molecule has 1 fully saturated rings. The number of rotatable bonds is 5. The summed E-state index contributed by atoms with van der Waals surface area (Å²) in [5.74, 6) is 0.972. The van der Waals surface area contributed by atoms with E-state index in [0.717, 1.165) is 37.3 Å². The Morgan fingerprint density at radius 2 is 2.11 bits per heavy atom. The van der Waals surface area contributed by atoms with Gasteiger partial charge in [-0.05, 0) is 43.7 Å². The average molecular weight is 264 g/mol. The Labute approximate surface area is 114 Å². The Morgan fingerprint density at radius 1 is 1.37 bits per heavy atom. The van der Waals surface area contributed by atoms with Gasteiger partial charge in [0.1, 0.15) is 5.75 Å². The van der Waals surface area contributed by atoms with Gasteiger partial charge >= 0.3 is 0 Å². The van der Waals surface area contributed by atoms with Gasteiger partial charge in [0.05, 0.1) is 17.5 Å². The summed E-state index contributed by atoms with van der Waals surface area (Å²) >= 11 is 0. The van der Waals surface area contributed by atoms with Crippen LogP contribution in [0.25, 0.3) is 0 Å².